The normalized spacial score (nSPS) is 10.6. The molecule has 0 aliphatic carbocycles. The first-order valence-electron chi connectivity index (χ1n) is 10.8. The highest BCUT2D eigenvalue weighted by molar-refractivity contribution is 7.99. The lowest BCUT2D eigenvalue weighted by atomic mass is 10.2. The van der Waals surface area contributed by atoms with Crippen LogP contribution in [-0.2, 0) is 6.54 Å². The number of non-ortho nitro benzene ring substituents is 1. The molecule has 2 aromatic carbocycles. The molecule has 36 heavy (non-hydrogen) atoms. The van der Waals surface area contributed by atoms with E-state index in [1.54, 1.807) is 11.8 Å². The van der Waals surface area contributed by atoms with Crippen molar-refractivity contribution in [2.75, 3.05) is 25.4 Å². The fraction of sp³-hybridized carbons (Fsp3) is 0.318. The Morgan fingerprint density at radius 1 is 1.03 bits per heavy atom. The van der Waals surface area contributed by atoms with E-state index in [0.717, 1.165) is 42.6 Å². The Morgan fingerprint density at radius 2 is 1.61 bits per heavy atom. The number of aromatic nitrogens is 2. The molecule has 0 aliphatic heterocycles. The Morgan fingerprint density at radius 3 is 2.11 bits per heavy atom. The second kappa shape index (κ2) is 13.2. The quantitative estimate of drug-likeness (QED) is 0.156. The van der Waals surface area contributed by atoms with Gasteiger partial charge in [0.25, 0.3) is 17.1 Å². The molecule has 0 saturated carbocycles. The second-order valence-corrected chi connectivity index (χ2v) is 8.23. The highest BCUT2D eigenvalue weighted by Crippen LogP contribution is 2.36. The summed E-state index contributed by atoms with van der Waals surface area (Å²) in [5, 5.41) is 43.2. The zero-order chi connectivity index (χ0) is 26.8. The maximum Gasteiger partial charge on any atom is 0.283 e. The van der Waals surface area contributed by atoms with Crippen molar-refractivity contribution in [1.82, 2.24) is 14.5 Å². The van der Waals surface area contributed by atoms with Gasteiger partial charge in [-0.1, -0.05) is 43.8 Å². The molecule has 0 radical (unpaired) electrons. The maximum absolute atomic E-state index is 11.1. The number of nitrogens with zero attached hydrogens (tertiary/aromatic N) is 6. The van der Waals surface area contributed by atoms with Crippen LogP contribution in [0.25, 0.3) is 11.0 Å². The Kier molecular flexibility index (Phi) is 10.3. The molecular weight excluding hydrogens is 492 g/mol. The predicted molar refractivity (Wildman–Crippen MR) is 134 cm³/mol. The summed E-state index contributed by atoms with van der Waals surface area (Å²) < 4.78 is 2.34. The van der Waals surface area contributed by atoms with E-state index < -0.39 is 37.6 Å². The number of hydrogen-bond donors (Lipinski definition) is 0. The monoisotopic (exact) mass is 517 g/mol. The zero-order valence-electron chi connectivity index (χ0n) is 19.7. The van der Waals surface area contributed by atoms with E-state index in [4.69, 9.17) is 4.98 Å². The summed E-state index contributed by atoms with van der Waals surface area (Å²) in [5.41, 5.74) is -0.954. The molecule has 0 bridgehead atoms. The van der Waals surface area contributed by atoms with E-state index >= 15 is 0 Å². The standard InChI is InChI=1S/C16H23N3S.C6H3N3O7/c1-4-13-20-16-17-14-9-7-8-10-15(14)19(16)12-11-18(5-2)6-3;10-6-4(8(13)14)1-3(7(11)12)2-5(6)9(15)16/h4,7-10H,1,5-6,11-13H2,2-3H3;1-2,10H/p-1. The molecule has 0 atom stereocenters. The van der Waals surface area contributed by atoms with Crippen LogP contribution in [0, 0.1) is 30.3 Å². The molecule has 0 saturated heterocycles. The number of nitro groups is 3. The number of likely N-dealkylation sites (N-methyl/N-ethyl adjacent to an activating group) is 1. The summed E-state index contributed by atoms with van der Waals surface area (Å²) in [5.74, 6) is -0.560. The molecule has 0 spiro atoms. The number of nitro benzene ring substituents is 3. The van der Waals surface area contributed by atoms with Crippen LogP contribution < -0.4 is 5.11 Å². The van der Waals surface area contributed by atoms with E-state index in [2.05, 4.69) is 48.1 Å². The zero-order valence-corrected chi connectivity index (χ0v) is 20.5. The number of thioether (sulfide) groups is 1. The van der Waals surface area contributed by atoms with Crippen molar-refractivity contribution >= 4 is 39.9 Å². The van der Waals surface area contributed by atoms with Crippen LogP contribution in [0.2, 0.25) is 0 Å². The van der Waals surface area contributed by atoms with Crippen LogP contribution in [0.1, 0.15) is 13.8 Å². The highest BCUT2D eigenvalue weighted by atomic mass is 32.2. The lowest BCUT2D eigenvalue weighted by Gasteiger charge is -2.19. The van der Waals surface area contributed by atoms with Crippen molar-refractivity contribution in [3.63, 3.8) is 0 Å². The summed E-state index contributed by atoms with van der Waals surface area (Å²) in [4.78, 5) is 34.7. The first-order valence-corrected chi connectivity index (χ1v) is 11.8. The molecule has 14 heteroatoms. The SMILES string of the molecule is C=CCSc1nc2ccccc2n1CCN(CC)CC.O=[N+]([O-])c1cc([N+](=O)[O-])c([O-])c([N+](=O)[O-])c1. The van der Waals surface area contributed by atoms with Gasteiger partial charge in [0.15, 0.2) is 5.16 Å². The Labute approximate surface area is 210 Å². The third-order valence-electron chi connectivity index (χ3n) is 5.12. The van der Waals surface area contributed by atoms with Crippen LogP contribution >= 0.6 is 11.8 Å². The minimum atomic E-state index is -1.46. The van der Waals surface area contributed by atoms with Gasteiger partial charge in [-0.05, 0) is 25.2 Å². The van der Waals surface area contributed by atoms with Gasteiger partial charge in [-0.2, -0.15) is 0 Å². The van der Waals surface area contributed by atoms with Gasteiger partial charge in [-0.3, -0.25) is 30.3 Å². The fourth-order valence-electron chi connectivity index (χ4n) is 3.26. The minimum Gasteiger partial charge on any atom is -0.863 e. The van der Waals surface area contributed by atoms with Crippen LogP contribution in [-0.4, -0.2) is 54.6 Å². The molecule has 0 amide bonds. The third-order valence-corrected chi connectivity index (χ3v) is 6.10. The van der Waals surface area contributed by atoms with Crippen molar-refractivity contribution in [1.29, 1.82) is 0 Å². The average Bonchev–Trinajstić information content (AvgIpc) is 3.20. The Bertz CT molecular complexity index is 1220. The fourth-order valence-corrected chi connectivity index (χ4v) is 4.03. The van der Waals surface area contributed by atoms with Gasteiger partial charge < -0.3 is 14.6 Å². The number of rotatable bonds is 11. The van der Waals surface area contributed by atoms with E-state index in [9.17, 15) is 35.4 Å². The van der Waals surface area contributed by atoms with Gasteiger partial charge in [0.05, 0.1) is 43.7 Å². The summed E-state index contributed by atoms with van der Waals surface area (Å²) in [6.45, 7) is 12.5. The van der Waals surface area contributed by atoms with Crippen LogP contribution in [0.4, 0.5) is 17.1 Å². The average molecular weight is 518 g/mol. The Hall–Kier alpha value is -4.04. The topological polar surface area (TPSA) is 174 Å². The molecule has 0 aliphatic rings. The van der Waals surface area contributed by atoms with Gasteiger partial charge in [-0.25, -0.2) is 4.98 Å². The van der Waals surface area contributed by atoms with Gasteiger partial charge in [0.1, 0.15) is 0 Å². The van der Waals surface area contributed by atoms with E-state index in [1.165, 1.54) is 5.52 Å². The van der Waals surface area contributed by atoms with Crippen molar-refractivity contribution in [3.8, 4) is 5.75 Å². The van der Waals surface area contributed by atoms with Gasteiger partial charge in [0, 0.05) is 18.8 Å². The second-order valence-electron chi connectivity index (χ2n) is 7.25. The smallest absolute Gasteiger partial charge is 0.283 e. The van der Waals surface area contributed by atoms with Crippen LogP contribution in [0.5, 0.6) is 5.75 Å². The van der Waals surface area contributed by atoms with E-state index in [1.807, 2.05) is 12.1 Å². The molecular formula is C22H25N6O7S-. The van der Waals surface area contributed by atoms with Crippen LogP contribution in [0.3, 0.4) is 0 Å². The molecule has 13 nitrogen and oxygen atoms in total. The molecule has 1 aromatic heterocycles. The molecule has 0 N–H and O–H groups in total. The first-order chi connectivity index (χ1) is 17.1. The van der Waals surface area contributed by atoms with Crippen molar-refractivity contribution in [3.05, 3.63) is 79.4 Å². The summed E-state index contributed by atoms with van der Waals surface area (Å²) >= 11 is 1.75. The maximum atomic E-state index is 11.1. The minimum absolute atomic E-state index is 0.384. The van der Waals surface area contributed by atoms with Crippen molar-refractivity contribution in [2.24, 2.45) is 0 Å². The predicted octanol–water partition coefficient (Wildman–Crippen LogP) is 4.14. The van der Waals surface area contributed by atoms with Crippen molar-refractivity contribution < 1.29 is 19.9 Å². The Balaban J connectivity index is 0.000000261. The lowest BCUT2D eigenvalue weighted by molar-refractivity contribution is -0.420. The largest absolute Gasteiger partial charge is 0.863 e. The number of fused-ring (bicyclic) bond motifs is 1. The molecule has 1 heterocycles. The summed E-state index contributed by atoms with van der Waals surface area (Å²) in [6, 6.07) is 9.14. The summed E-state index contributed by atoms with van der Waals surface area (Å²) in [6.07, 6.45) is 1.93. The summed E-state index contributed by atoms with van der Waals surface area (Å²) in [7, 11) is 0. The third kappa shape index (κ3) is 6.99. The van der Waals surface area contributed by atoms with E-state index in [-0.39, 0.29) is 0 Å². The van der Waals surface area contributed by atoms with E-state index in [0.29, 0.717) is 12.1 Å². The number of imidazole rings is 1. The van der Waals surface area contributed by atoms with Crippen LogP contribution in [0.15, 0.2) is 54.2 Å². The molecule has 0 unspecified atom stereocenters. The first kappa shape index (κ1) is 28.2. The molecule has 192 valence electrons. The number of para-hydroxylation sites is 2. The molecule has 3 rings (SSSR count). The lowest BCUT2D eigenvalue weighted by Crippen LogP contribution is -2.27. The van der Waals surface area contributed by atoms with Gasteiger partial charge >= 0.3 is 0 Å². The molecule has 3 aromatic rings. The highest BCUT2D eigenvalue weighted by Gasteiger charge is 2.24. The number of hydrogen-bond acceptors (Lipinski definition) is 10. The molecule has 0 fully saturated rings. The van der Waals surface area contributed by atoms with Crippen molar-refractivity contribution in [2.45, 2.75) is 25.5 Å². The van der Waals surface area contributed by atoms with Gasteiger partial charge in [0.2, 0.25) is 0 Å². The van der Waals surface area contributed by atoms with Gasteiger partial charge in [-0.15, -0.1) is 6.58 Å². The number of benzene rings is 2.